The van der Waals surface area contributed by atoms with Gasteiger partial charge in [0.1, 0.15) is 0 Å². The molecule has 0 saturated heterocycles. The summed E-state index contributed by atoms with van der Waals surface area (Å²) in [4.78, 5) is 0. The molecular weight excluding hydrogens is 156 g/mol. The van der Waals surface area contributed by atoms with E-state index in [1.165, 1.54) is 5.57 Å². The Kier molecular flexibility index (Phi) is 6.77. The quantitative estimate of drug-likeness (QED) is 0.624. The van der Waals surface area contributed by atoms with Crippen molar-refractivity contribution in [3.63, 3.8) is 0 Å². The molecule has 2 heteroatoms. The van der Waals surface area contributed by atoms with Gasteiger partial charge < -0.3 is 5.11 Å². The molecule has 0 heterocycles. The molecule has 0 aliphatic heterocycles. The normalized spacial score (nSPS) is 13.0. The lowest BCUT2D eigenvalue weighted by Crippen LogP contribution is -2.04. The molecule has 1 N–H and O–H groups in total. The molecule has 0 amide bonds. The topological polar surface area (TPSA) is 20.2 Å². The van der Waals surface area contributed by atoms with Crippen LogP contribution in [0.4, 0.5) is 0 Å². The summed E-state index contributed by atoms with van der Waals surface area (Å²) in [6, 6.07) is 0. The predicted octanol–water partition coefficient (Wildman–Crippen LogP) is 2.31. The van der Waals surface area contributed by atoms with E-state index in [4.69, 9.17) is 5.11 Å². The first-order valence-electron chi connectivity index (χ1n) is 4.06. The van der Waals surface area contributed by atoms with Crippen molar-refractivity contribution in [1.82, 2.24) is 0 Å². The maximum Gasteiger partial charge on any atom is 0.0464 e. The molecular formula is C9H18OS. The number of hydrogen-bond acceptors (Lipinski definition) is 2. The average molecular weight is 174 g/mol. The molecule has 0 fully saturated rings. The first kappa shape index (κ1) is 11.1. The third-order valence-electron chi connectivity index (χ3n) is 1.52. The van der Waals surface area contributed by atoms with Gasteiger partial charge in [-0.15, -0.1) is 0 Å². The zero-order valence-electron chi connectivity index (χ0n) is 7.47. The van der Waals surface area contributed by atoms with Gasteiger partial charge >= 0.3 is 0 Å². The molecule has 0 aliphatic carbocycles. The molecule has 0 spiro atoms. The molecule has 11 heavy (non-hydrogen) atoms. The molecule has 66 valence electrons. The summed E-state index contributed by atoms with van der Waals surface area (Å²) >= 11 is 1.86. The van der Waals surface area contributed by atoms with E-state index in [9.17, 15) is 0 Å². The first-order chi connectivity index (χ1) is 5.20. The fraction of sp³-hybridized carbons (Fsp3) is 0.778. The Morgan fingerprint density at radius 1 is 1.64 bits per heavy atom. The smallest absolute Gasteiger partial charge is 0.0464 e. The molecule has 0 saturated carbocycles. The van der Waals surface area contributed by atoms with Crippen molar-refractivity contribution in [2.45, 2.75) is 20.3 Å². The van der Waals surface area contributed by atoms with Crippen LogP contribution in [0.3, 0.4) is 0 Å². The van der Waals surface area contributed by atoms with Gasteiger partial charge in [-0.2, -0.15) is 11.8 Å². The minimum Gasteiger partial charge on any atom is -0.396 e. The number of thioether (sulfide) groups is 1. The molecule has 1 unspecified atom stereocenters. The van der Waals surface area contributed by atoms with Crippen LogP contribution < -0.4 is 0 Å². The second kappa shape index (κ2) is 6.74. The number of rotatable bonds is 6. The van der Waals surface area contributed by atoms with E-state index >= 15 is 0 Å². The van der Waals surface area contributed by atoms with E-state index in [-0.39, 0.29) is 0 Å². The lowest BCUT2D eigenvalue weighted by Gasteiger charge is -2.07. The number of aliphatic hydroxyl groups excluding tert-OH is 1. The van der Waals surface area contributed by atoms with Crippen molar-refractivity contribution < 1.29 is 5.11 Å². The maximum atomic E-state index is 8.72. The van der Waals surface area contributed by atoms with Crippen molar-refractivity contribution in [3.05, 3.63) is 12.2 Å². The predicted molar refractivity (Wildman–Crippen MR) is 53.0 cm³/mol. The van der Waals surface area contributed by atoms with Gasteiger partial charge in [-0.3, -0.25) is 0 Å². The molecule has 0 aromatic heterocycles. The minimum atomic E-state index is 0.297. The van der Waals surface area contributed by atoms with Crippen LogP contribution in [0.25, 0.3) is 0 Å². The summed E-state index contributed by atoms with van der Waals surface area (Å²) in [5.41, 5.74) is 1.29. The first-order valence-corrected chi connectivity index (χ1v) is 5.21. The fourth-order valence-electron chi connectivity index (χ4n) is 0.559. The highest BCUT2D eigenvalue weighted by atomic mass is 32.2. The average Bonchev–Trinajstić information content (AvgIpc) is 2.04. The molecule has 0 bridgehead atoms. The van der Waals surface area contributed by atoms with Crippen LogP contribution in [0.5, 0.6) is 0 Å². The molecule has 0 rings (SSSR count). The van der Waals surface area contributed by atoms with E-state index < -0.39 is 0 Å². The van der Waals surface area contributed by atoms with Gasteiger partial charge in [-0.1, -0.05) is 26.0 Å². The SMILES string of the molecule is C=C(CC)CSCC(C)CO. The fourth-order valence-corrected chi connectivity index (χ4v) is 1.68. The van der Waals surface area contributed by atoms with E-state index in [0.29, 0.717) is 12.5 Å². The second-order valence-electron chi connectivity index (χ2n) is 2.91. The summed E-state index contributed by atoms with van der Waals surface area (Å²) in [7, 11) is 0. The highest BCUT2D eigenvalue weighted by molar-refractivity contribution is 7.99. The van der Waals surface area contributed by atoms with Gasteiger partial charge in [0.05, 0.1) is 0 Å². The van der Waals surface area contributed by atoms with Gasteiger partial charge in [0.2, 0.25) is 0 Å². The van der Waals surface area contributed by atoms with Crippen molar-refractivity contribution in [3.8, 4) is 0 Å². The van der Waals surface area contributed by atoms with Crippen molar-refractivity contribution >= 4 is 11.8 Å². The van der Waals surface area contributed by atoms with Crippen LogP contribution in [-0.2, 0) is 0 Å². The van der Waals surface area contributed by atoms with Crippen molar-refractivity contribution in [1.29, 1.82) is 0 Å². The highest BCUT2D eigenvalue weighted by Gasteiger charge is 1.99. The van der Waals surface area contributed by atoms with E-state index in [2.05, 4.69) is 20.4 Å². The molecule has 0 radical (unpaired) electrons. The Hall–Kier alpha value is 0.0500. The molecule has 0 aromatic rings. The zero-order chi connectivity index (χ0) is 8.69. The third-order valence-corrected chi connectivity index (χ3v) is 2.94. The Morgan fingerprint density at radius 3 is 2.73 bits per heavy atom. The molecule has 0 aromatic carbocycles. The van der Waals surface area contributed by atoms with Crippen LogP contribution in [-0.4, -0.2) is 23.2 Å². The Labute approximate surface area is 73.9 Å². The maximum absolute atomic E-state index is 8.72. The summed E-state index contributed by atoms with van der Waals surface area (Å²) in [5.74, 6) is 2.50. The van der Waals surface area contributed by atoms with Gasteiger partial charge in [-0.25, -0.2) is 0 Å². The second-order valence-corrected chi connectivity index (χ2v) is 3.94. The largest absolute Gasteiger partial charge is 0.396 e. The zero-order valence-corrected chi connectivity index (χ0v) is 8.28. The van der Waals surface area contributed by atoms with Crippen molar-refractivity contribution in [2.75, 3.05) is 18.1 Å². The lowest BCUT2D eigenvalue weighted by molar-refractivity contribution is 0.250. The van der Waals surface area contributed by atoms with Crippen LogP contribution in [0.2, 0.25) is 0 Å². The van der Waals surface area contributed by atoms with Crippen LogP contribution in [0.15, 0.2) is 12.2 Å². The monoisotopic (exact) mass is 174 g/mol. The molecule has 1 atom stereocenters. The Bertz CT molecular complexity index is 112. The van der Waals surface area contributed by atoms with Gasteiger partial charge in [0.25, 0.3) is 0 Å². The Morgan fingerprint density at radius 2 is 2.27 bits per heavy atom. The van der Waals surface area contributed by atoms with Crippen molar-refractivity contribution in [2.24, 2.45) is 5.92 Å². The van der Waals surface area contributed by atoms with Gasteiger partial charge in [0.15, 0.2) is 0 Å². The summed E-state index contributed by atoms with van der Waals surface area (Å²) in [5, 5.41) is 8.72. The van der Waals surface area contributed by atoms with Gasteiger partial charge in [0, 0.05) is 12.4 Å². The van der Waals surface area contributed by atoms with E-state index in [1.54, 1.807) is 0 Å². The van der Waals surface area contributed by atoms with Crippen LogP contribution in [0.1, 0.15) is 20.3 Å². The van der Waals surface area contributed by atoms with E-state index in [1.807, 2.05) is 11.8 Å². The van der Waals surface area contributed by atoms with Crippen LogP contribution >= 0.6 is 11.8 Å². The summed E-state index contributed by atoms with van der Waals surface area (Å²) in [6.45, 7) is 8.39. The Balaban J connectivity index is 3.20. The minimum absolute atomic E-state index is 0.297. The van der Waals surface area contributed by atoms with Crippen LogP contribution in [0, 0.1) is 5.92 Å². The van der Waals surface area contributed by atoms with E-state index in [0.717, 1.165) is 17.9 Å². The summed E-state index contributed by atoms with van der Waals surface area (Å²) < 4.78 is 0. The number of aliphatic hydroxyl groups is 1. The summed E-state index contributed by atoms with van der Waals surface area (Å²) in [6.07, 6.45) is 1.07. The van der Waals surface area contributed by atoms with Gasteiger partial charge in [-0.05, 0) is 18.1 Å². The lowest BCUT2D eigenvalue weighted by atomic mass is 10.2. The number of hydrogen-bond donors (Lipinski definition) is 1. The molecule has 0 aliphatic rings. The standard InChI is InChI=1S/C9H18OS/c1-4-8(2)6-11-7-9(3)5-10/h9-10H,2,4-7H2,1,3H3. The highest BCUT2D eigenvalue weighted by Crippen LogP contribution is 2.12. The third kappa shape index (κ3) is 6.45. The molecule has 1 nitrogen and oxygen atoms in total.